The molecule has 2 aromatic rings. The lowest BCUT2D eigenvalue weighted by molar-refractivity contribution is -0.131. The first-order valence-electron chi connectivity index (χ1n) is 8.68. The van der Waals surface area contributed by atoms with Crippen LogP contribution in [0, 0.1) is 0 Å². The number of esters is 1. The number of benzene rings is 2. The lowest BCUT2D eigenvalue weighted by Gasteiger charge is -2.33. The highest BCUT2D eigenvalue weighted by Crippen LogP contribution is 2.27. The minimum atomic E-state index is -0.399. The summed E-state index contributed by atoms with van der Waals surface area (Å²) in [5.41, 5.74) is 2.48. The monoisotopic (exact) mass is 337 g/mol. The Morgan fingerprint density at radius 1 is 1.08 bits per heavy atom. The van der Waals surface area contributed by atoms with Crippen molar-refractivity contribution in [1.29, 1.82) is 0 Å². The molecule has 130 valence electrons. The maximum atomic E-state index is 12.8. The highest BCUT2D eigenvalue weighted by atomic mass is 16.5. The van der Waals surface area contributed by atoms with Crippen molar-refractivity contribution in [2.24, 2.45) is 0 Å². The smallest absolute Gasteiger partial charge is 0.338 e. The number of methoxy groups -OCH3 is 1. The molecule has 2 aromatic carbocycles. The third-order valence-corrected chi connectivity index (χ3v) is 4.81. The van der Waals surface area contributed by atoms with E-state index in [1.54, 1.807) is 12.1 Å². The van der Waals surface area contributed by atoms with Crippen LogP contribution in [0.15, 0.2) is 54.6 Å². The van der Waals surface area contributed by atoms with Crippen molar-refractivity contribution in [2.45, 2.75) is 25.2 Å². The second kappa shape index (κ2) is 7.97. The molecule has 1 aliphatic rings. The van der Waals surface area contributed by atoms with Crippen molar-refractivity contribution in [2.75, 3.05) is 20.2 Å². The van der Waals surface area contributed by atoms with E-state index in [4.69, 9.17) is 4.74 Å². The third-order valence-electron chi connectivity index (χ3n) is 4.81. The Balaban J connectivity index is 1.70. The van der Waals surface area contributed by atoms with Gasteiger partial charge in [-0.05, 0) is 30.0 Å². The normalized spacial score (nSPS) is 17.2. The summed E-state index contributed by atoms with van der Waals surface area (Å²) < 4.78 is 4.82. The largest absolute Gasteiger partial charge is 0.465 e. The summed E-state index contributed by atoms with van der Waals surface area (Å²) in [5.74, 6) is 0.0518. The van der Waals surface area contributed by atoms with Crippen LogP contribution in [0.5, 0.6) is 0 Å². The van der Waals surface area contributed by atoms with Gasteiger partial charge in [0.15, 0.2) is 0 Å². The fraction of sp³-hybridized carbons (Fsp3) is 0.333. The van der Waals surface area contributed by atoms with E-state index in [0.29, 0.717) is 11.5 Å². The molecule has 0 aromatic heterocycles. The number of piperidine rings is 1. The van der Waals surface area contributed by atoms with Gasteiger partial charge in [-0.1, -0.05) is 48.5 Å². The number of amides is 1. The Bertz CT molecular complexity index is 742. The number of rotatable bonds is 4. The molecule has 0 saturated carbocycles. The topological polar surface area (TPSA) is 46.6 Å². The second-order valence-electron chi connectivity index (χ2n) is 6.42. The number of nitrogens with zero attached hydrogens (tertiary/aromatic N) is 1. The Morgan fingerprint density at radius 2 is 1.80 bits per heavy atom. The highest BCUT2D eigenvalue weighted by Gasteiger charge is 2.25. The van der Waals surface area contributed by atoms with Crippen LogP contribution < -0.4 is 0 Å². The van der Waals surface area contributed by atoms with E-state index in [9.17, 15) is 9.59 Å². The van der Waals surface area contributed by atoms with Gasteiger partial charge < -0.3 is 9.64 Å². The van der Waals surface area contributed by atoms with Gasteiger partial charge in [0.05, 0.1) is 19.1 Å². The molecule has 0 unspecified atom stereocenters. The Kier molecular flexibility index (Phi) is 5.49. The summed E-state index contributed by atoms with van der Waals surface area (Å²) >= 11 is 0. The first-order valence-corrected chi connectivity index (χ1v) is 8.68. The van der Waals surface area contributed by atoms with Gasteiger partial charge in [0.25, 0.3) is 0 Å². The number of likely N-dealkylation sites (tertiary alicyclic amines) is 1. The zero-order valence-corrected chi connectivity index (χ0v) is 14.5. The predicted octanol–water partition coefficient (Wildman–Crippen LogP) is 3.42. The second-order valence-corrected chi connectivity index (χ2v) is 6.42. The summed E-state index contributed by atoms with van der Waals surface area (Å²) in [5, 5.41) is 0. The highest BCUT2D eigenvalue weighted by molar-refractivity contribution is 5.93. The van der Waals surface area contributed by atoms with Crippen molar-refractivity contribution < 1.29 is 14.3 Å². The number of carbonyl (C=O) groups is 2. The van der Waals surface area contributed by atoms with E-state index in [2.05, 4.69) is 12.1 Å². The van der Waals surface area contributed by atoms with Gasteiger partial charge in [0.2, 0.25) is 5.91 Å². The minimum absolute atomic E-state index is 0.0667. The molecule has 0 aliphatic carbocycles. The molecule has 0 spiro atoms. The van der Waals surface area contributed by atoms with Crippen LogP contribution in [0.2, 0.25) is 0 Å². The van der Waals surface area contributed by atoms with E-state index in [0.717, 1.165) is 31.5 Å². The maximum Gasteiger partial charge on any atom is 0.338 e. The minimum Gasteiger partial charge on any atom is -0.465 e. The summed E-state index contributed by atoms with van der Waals surface area (Å²) in [6.45, 7) is 1.52. The van der Waals surface area contributed by atoms with Gasteiger partial charge in [-0.25, -0.2) is 4.79 Å². The lowest BCUT2D eigenvalue weighted by Crippen LogP contribution is -2.40. The standard InChI is InChI=1S/C21H23NO3/c1-25-21(24)19-12-6-5-10-17(19)14-20(23)22-13-7-11-18(15-22)16-8-3-2-4-9-16/h2-6,8-10,12,18H,7,11,13-15H2,1H3/t18-/m1/s1. The van der Waals surface area contributed by atoms with Crippen molar-refractivity contribution in [3.63, 3.8) is 0 Å². The van der Waals surface area contributed by atoms with Gasteiger partial charge in [0.1, 0.15) is 0 Å². The molecule has 1 fully saturated rings. The Morgan fingerprint density at radius 3 is 2.56 bits per heavy atom. The summed E-state index contributed by atoms with van der Waals surface area (Å²) in [7, 11) is 1.36. The molecule has 4 heteroatoms. The maximum absolute atomic E-state index is 12.8. The molecule has 3 rings (SSSR count). The number of ether oxygens (including phenoxy) is 1. The molecule has 0 bridgehead atoms. The molecule has 1 heterocycles. The van der Waals surface area contributed by atoms with Gasteiger partial charge in [-0.3, -0.25) is 4.79 Å². The van der Waals surface area contributed by atoms with Crippen LogP contribution in [-0.2, 0) is 16.0 Å². The van der Waals surface area contributed by atoms with Crippen LogP contribution >= 0.6 is 0 Å². The van der Waals surface area contributed by atoms with Crippen LogP contribution in [0.4, 0.5) is 0 Å². The average molecular weight is 337 g/mol. The van der Waals surface area contributed by atoms with E-state index in [1.807, 2.05) is 35.2 Å². The van der Waals surface area contributed by atoms with Crippen LogP contribution in [0.1, 0.15) is 40.2 Å². The van der Waals surface area contributed by atoms with Gasteiger partial charge >= 0.3 is 5.97 Å². The fourth-order valence-corrected chi connectivity index (χ4v) is 3.46. The van der Waals surface area contributed by atoms with E-state index < -0.39 is 5.97 Å². The quantitative estimate of drug-likeness (QED) is 0.803. The number of hydrogen-bond donors (Lipinski definition) is 0. The number of hydrogen-bond acceptors (Lipinski definition) is 3. The van der Waals surface area contributed by atoms with E-state index in [1.165, 1.54) is 12.7 Å². The average Bonchev–Trinajstić information content (AvgIpc) is 2.68. The number of carbonyl (C=O) groups excluding carboxylic acids is 2. The molecule has 0 radical (unpaired) electrons. The molecule has 25 heavy (non-hydrogen) atoms. The zero-order valence-electron chi connectivity index (χ0n) is 14.5. The summed E-state index contributed by atoms with van der Waals surface area (Å²) in [6.07, 6.45) is 2.34. The van der Waals surface area contributed by atoms with Crippen LogP contribution in [-0.4, -0.2) is 37.0 Å². The Hall–Kier alpha value is -2.62. The van der Waals surface area contributed by atoms with E-state index in [-0.39, 0.29) is 12.3 Å². The Labute approximate surface area is 148 Å². The summed E-state index contributed by atoms with van der Waals surface area (Å²) in [6, 6.07) is 17.5. The van der Waals surface area contributed by atoms with Crippen molar-refractivity contribution in [3.8, 4) is 0 Å². The fourth-order valence-electron chi connectivity index (χ4n) is 3.46. The first kappa shape index (κ1) is 17.2. The van der Waals surface area contributed by atoms with Crippen molar-refractivity contribution in [3.05, 3.63) is 71.3 Å². The molecule has 1 aliphatic heterocycles. The molecule has 1 atom stereocenters. The molecule has 1 amide bonds. The van der Waals surface area contributed by atoms with E-state index >= 15 is 0 Å². The van der Waals surface area contributed by atoms with Crippen LogP contribution in [0.25, 0.3) is 0 Å². The van der Waals surface area contributed by atoms with Gasteiger partial charge in [-0.2, -0.15) is 0 Å². The SMILES string of the molecule is COC(=O)c1ccccc1CC(=O)N1CCC[C@@H](c2ccccc2)C1. The lowest BCUT2D eigenvalue weighted by atomic mass is 9.90. The van der Waals surface area contributed by atoms with Crippen molar-refractivity contribution in [1.82, 2.24) is 4.90 Å². The van der Waals surface area contributed by atoms with Crippen LogP contribution in [0.3, 0.4) is 0 Å². The molecule has 1 saturated heterocycles. The summed E-state index contributed by atoms with van der Waals surface area (Å²) in [4.78, 5) is 26.6. The third kappa shape index (κ3) is 4.08. The first-order chi connectivity index (χ1) is 12.2. The molecule has 4 nitrogen and oxygen atoms in total. The zero-order chi connectivity index (χ0) is 17.6. The predicted molar refractivity (Wildman–Crippen MR) is 96.5 cm³/mol. The van der Waals surface area contributed by atoms with Crippen molar-refractivity contribution >= 4 is 11.9 Å². The van der Waals surface area contributed by atoms with Gasteiger partial charge in [-0.15, -0.1) is 0 Å². The molecular formula is C21H23NO3. The molecular weight excluding hydrogens is 314 g/mol. The van der Waals surface area contributed by atoms with Gasteiger partial charge in [0, 0.05) is 19.0 Å². The molecule has 0 N–H and O–H groups in total.